The fraction of sp³-hybridized carbons (Fsp3) is 0.333. The number of aryl methyl sites for hydroxylation is 1. The van der Waals surface area contributed by atoms with E-state index in [-0.39, 0.29) is 11.7 Å². The van der Waals surface area contributed by atoms with Crippen LogP contribution >= 0.6 is 0 Å². The van der Waals surface area contributed by atoms with Crippen LogP contribution in [0.1, 0.15) is 40.5 Å². The van der Waals surface area contributed by atoms with Crippen molar-refractivity contribution < 1.29 is 9.53 Å². The summed E-state index contributed by atoms with van der Waals surface area (Å²) in [4.78, 5) is 16.4. The number of nitrogens with one attached hydrogen (secondary N) is 1. The normalized spacial score (nSPS) is 10.5. The van der Waals surface area contributed by atoms with E-state index < -0.39 is 0 Å². The van der Waals surface area contributed by atoms with Gasteiger partial charge in [-0.25, -0.2) is 4.98 Å². The number of nitrogen functional groups attached to an aromatic ring is 1. The van der Waals surface area contributed by atoms with E-state index in [1.807, 2.05) is 12.1 Å². The van der Waals surface area contributed by atoms with Crippen LogP contribution < -0.4 is 11.1 Å². The summed E-state index contributed by atoms with van der Waals surface area (Å²) >= 11 is 0. The van der Waals surface area contributed by atoms with Crippen molar-refractivity contribution in [1.82, 2.24) is 10.3 Å². The van der Waals surface area contributed by atoms with Crippen molar-refractivity contribution in [2.75, 3.05) is 12.8 Å². The lowest BCUT2D eigenvalue weighted by Crippen LogP contribution is -2.24. The molecule has 0 unspecified atom stereocenters. The number of anilines is 1. The molecule has 1 amide bonds. The van der Waals surface area contributed by atoms with Crippen LogP contribution in [0, 0.1) is 0 Å². The topological polar surface area (TPSA) is 77.2 Å². The Morgan fingerprint density at radius 1 is 1.17 bits per heavy atom. The molecule has 0 atom stereocenters. The van der Waals surface area contributed by atoms with Gasteiger partial charge in [-0.2, -0.15) is 0 Å². The Bertz CT molecular complexity index is 654. The first-order valence-electron chi connectivity index (χ1n) is 7.74. The zero-order chi connectivity index (χ0) is 16.7. The number of carbonyl (C=O) groups is 1. The van der Waals surface area contributed by atoms with E-state index in [1.165, 1.54) is 5.56 Å². The number of hydrogen-bond acceptors (Lipinski definition) is 4. The molecule has 1 heterocycles. The van der Waals surface area contributed by atoms with Crippen molar-refractivity contribution in [3.63, 3.8) is 0 Å². The number of pyridine rings is 1. The van der Waals surface area contributed by atoms with Crippen LogP contribution in [-0.4, -0.2) is 18.0 Å². The molecule has 0 aliphatic rings. The van der Waals surface area contributed by atoms with Gasteiger partial charge in [0.15, 0.2) is 0 Å². The first kappa shape index (κ1) is 17.0. The average Bonchev–Trinajstić information content (AvgIpc) is 2.55. The van der Waals surface area contributed by atoms with Crippen molar-refractivity contribution in [1.29, 1.82) is 0 Å². The highest BCUT2D eigenvalue weighted by molar-refractivity contribution is 5.98. The number of rotatable bonds is 7. The molecule has 1 aromatic carbocycles. The number of benzene rings is 1. The minimum Gasteiger partial charge on any atom is -0.383 e. The molecule has 0 spiro atoms. The van der Waals surface area contributed by atoms with Gasteiger partial charge in [-0.3, -0.25) is 4.79 Å². The Hall–Kier alpha value is -2.40. The fourth-order valence-corrected chi connectivity index (χ4v) is 2.33. The van der Waals surface area contributed by atoms with Crippen LogP contribution in [0.5, 0.6) is 0 Å². The van der Waals surface area contributed by atoms with Gasteiger partial charge in [-0.15, -0.1) is 0 Å². The van der Waals surface area contributed by atoms with Crippen molar-refractivity contribution >= 4 is 11.7 Å². The number of hydrogen-bond donors (Lipinski definition) is 2. The number of aromatic nitrogens is 1. The monoisotopic (exact) mass is 313 g/mol. The van der Waals surface area contributed by atoms with E-state index in [1.54, 1.807) is 19.2 Å². The Morgan fingerprint density at radius 3 is 2.48 bits per heavy atom. The molecule has 122 valence electrons. The van der Waals surface area contributed by atoms with Gasteiger partial charge in [-0.05, 0) is 29.7 Å². The van der Waals surface area contributed by atoms with E-state index in [4.69, 9.17) is 10.5 Å². The second-order valence-electron chi connectivity index (χ2n) is 5.42. The molecule has 0 saturated heterocycles. The smallest absolute Gasteiger partial charge is 0.255 e. The third-order valence-electron chi connectivity index (χ3n) is 3.53. The molecule has 3 N–H and O–H groups in total. The van der Waals surface area contributed by atoms with Crippen molar-refractivity contribution in [3.05, 3.63) is 58.8 Å². The molecule has 0 aliphatic heterocycles. The van der Waals surface area contributed by atoms with Gasteiger partial charge in [-0.1, -0.05) is 37.6 Å². The molecule has 0 radical (unpaired) electrons. The molecule has 0 bridgehead atoms. The summed E-state index contributed by atoms with van der Waals surface area (Å²) in [5.74, 6) is -0.00746. The molecule has 5 heteroatoms. The van der Waals surface area contributed by atoms with Gasteiger partial charge in [0.25, 0.3) is 5.91 Å². The highest BCUT2D eigenvalue weighted by Gasteiger charge is 2.11. The molecule has 0 aliphatic carbocycles. The predicted molar refractivity (Wildman–Crippen MR) is 91.0 cm³/mol. The molecule has 0 fully saturated rings. The molecule has 2 aromatic rings. The van der Waals surface area contributed by atoms with Crippen molar-refractivity contribution in [3.8, 4) is 0 Å². The summed E-state index contributed by atoms with van der Waals surface area (Å²) in [5, 5.41) is 2.87. The molecule has 5 nitrogen and oxygen atoms in total. The maximum Gasteiger partial charge on any atom is 0.255 e. The minimum atomic E-state index is -0.225. The summed E-state index contributed by atoms with van der Waals surface area (Å²) in [7, 11) is 1.59. The Morgan fingerprint density at radius 2 is 1.87 bits per heavy atom. The first-order valence-corrected chi connectivity index (χ1v) is 7.74. The largest absolute Gasteiger partial charge is 0.383 e. The maximum absolute atomic E-state index is 12.2. The second-order valence-corrected chi connectivity index (χ2v) is 5.42. The Balaban J connectivity index is 1.96. The van der Waals surface area contributed by atoms with Crippen molar-refractivity contribution in [2.24, 2.45) is 0 Å². The lowest BCUT2D eigenvalue weighted by atomic mass is 10.1. The molecular weight excluding hydrogens is 290 g/mol. The number of nitrogens with two attached hydrogens (primary N) is 1. The SMILES string of the molecule is CCCc1ccc(CNC(=O)c2ccc(COC)nc2N)cc1. The van der Waals surface area contributed by atoms with Gasteiger partial charge in [0.2, 0.25) is 0 Å². The van der Waals surface area contributed by atoms with Gasteiger partial charge >= 0.3 is 0 Å². The van der Waals surface area contributed by atoms with Crippen LogP contribution in [0.3, 0.4) is 0 Å². The number of methoxy groups -OCH3 is 1. The number of nitrogens with zero attached hydrogens (tertiary/aromatic N) is 1. The first-order chi connectivity index (χ1) is 11.1. The van der Waals surface area contributed by atoms with Crippen LogP contribution in [0.2, 0.25) is 0 Å². The summed E-state index contributed by atoms with van der Waals surface area (Å²) in [6, 6.07) is 11.7. The molecular formula is C18H23N3O2. The van der Waals surface area contributed by atoms with Crippen LogP contribution in [0.25, 0.3) is 0 Å². The molecule has 1 aromatic heterocycles. The van der Waals surface area contributed by atoms with E-state index in [0.29, 0.717) is 24.4 Å². The van der Waals surface area contributed by atoms with Gasteiger partial charge in [0.1, 0.15) is 5.82 Å². The Kier molecular flexibility index (Phi) is 6.11. The Labute approximate surface area is 136 Å². The van der Waals surface area contributed by atoms with Gasteiger partial charge in [0.05, 0.1) is 17.9 Å². The summed E-state index contributed by atoms with van der Waals surface area (Å²) in [5.41, 5.74) is 9.30. The quantitative estimate of drug-likeness (QED) is 0.824. The van der Waals surface area contributed by atoms with Gasteiger partial charge < -0.3 is 15.8 Å². The van der Waals surface area contributed by atoms with Crippen LogP contribution in [0.15, 0.2) is 36.4 Å². The number of ether oxygens (including phenoxy) is 1. The highest BCUT2D eigenvalue weighted by Crippen LogP contribution is 2.11. The molecule has 0 saturated carbocycles. The van der Waals surface area contributed by atoms with Crippen LogP contribution in [-0.2, 0) is 24.3 Å². The fourth-order valence-electron chi connectivity index (χ4n) is 2.33. The van der Waals surface area contributed by atoms with E-state index in [9.17, 15) is 4.79 Å². The zero-order valence-electron chi connectivity index (χ0n) is 13.6. The van der Waals surface area contributed by atoms with Crippen molar-refractivity contribution in [2.45, 2.75) is 32.9 Å². The van der Waals surface area contributed by atoms with Gasteiger partial charge in [0, 0.05) is 13.7 Å². The maximum atomic E-state index is 12.2. The van der Waals surface area contributed by atoms with Crippen LogP contribution in [0.4, 0.5) is 5.82 Å². The molecule has 23 heavy (non-hydrogen) atoms. The summed E-state index contributed by atoms with van der Waals surface area (Å²) in [6.45, 7) is 2.99. The van der Waals surface area contributed by atoms with E-state index >= 15 is 0 Å². The second kappa shape index (κ2) is 8.29. The third kappa shape index (κ3) is 4.79. The zero-order valence-corrected chi connectivity index (χ0v) is 13.6. The van der Waals surface area contributed by atoms with E-state index in [2.05, 4.69) is 29.4 Å². The lowest BCUT2D eigenvalue weighted by molar-refractivity contribution is 0.0951. The predicted octanol–water partition coefficient (Wildman–Crippen LogP) is 2.69. The summed E-state index contributed by atoms with van der Waals surface area (Å²) in [6.07, 6.45) is 2.20. The number of amides is 1. The standard InChI is InChI=1S/C18H23N3O2/c1-3-4-13-5-7-14(8-6-13)11-20-18(22)16-10-9-15(12-23-2)21-17(16)19/h5-10H,3-4,11-12H2,1-2H3,(H2,19,21)(H,20,22). The average molecular weight is 313 g/mol. The van der Waals surface area contributed by atoms with E-state index in [0.717, 1.165) is 18.4 Å². The minimum absolute atomic E-state index is 0.218. The number of carbonyl (C=O) groups excluding carboxylic acids is 1. The third-order valence-corrected chi connectivity index (χ3v) is 3.53. The summed E-state index contributed by atoms with van der Waals surface area (Å²) < 4.78 is 5.00. The lowest BCUT2D eigenvalue weighted by Gasteiger charge is -2.09. The highest BCUT2D eigenvalue weighted by atomic mass is 16.5. The molecule has 2 rings (SSSR count).